The van der Waals surface area contributed by atoms with Crippen molar-refractivity contribution in [2.24, 2.45) is 0 Å². The first-order chi connectivity index (χ1) is 9.88. The summed E-state index contributed by atoms with van der Waals surface area (Å²) in [6.07, 6.45) is 1.41. The number of aryl methyl sites for hydroxylation is 1. The molecule has 0 aliphatic rings. The Kier molecular flexibility index (Phi) is 3.46. The van der Waals surface area contributed by atoms with E-state index in [9.17, 15) is 8.42 Å². The van der Waals surface area contributed by atoms with E-state index in [1.54, 1.807) is 25.1 Å². The van der Waals surface area contributed by atoms with Gasteiger partial charge in [0, 0.05) is 22.1 Å². The van der Waals surface area contributed by atoms with E-state index in [4.69, 9.17) is 16.1 Å². The van der Waals surface area contributed by atoms with E-state index >= 15 is 0 Å². The van der Waals surface area contributed by atoms with Crippen LogP contribution in [0.3, 0.4) is 0 Å². The number of H-pyrrole nitrogens is 1. The number of anilines is 1. The Hall–Kier alpha value is -1.51. The largest absolute Gasteiger partial charge is 0.360 e. The van der Waals surface area contributed by atoms with E-state index < -0.39 is 10.0 Å². The summed E-state index contributed by atoms with van der Waals surface area (Å²) in [7, 11) is -3.80. The molecule has 0 aliphatic carbocycles. The molecule has 21 heavy (non-hydrogen) atoms. The van der Waals surface area contributed by atoms with Crippen molar-refractivity contribution < 1.29 is 12.9 Å². The van der Waals surface area contributed by atoms with E-state index in [0.717, 1.165) is 0 Å². The minimum Gasteiger partial charge on any atom is -0.360 e. The zero-order chi connectivity index (χ0) is 15.2. The summed E-state index contributed by atoms with van der Waals surface area (Å²) in [4.78, 5) is 2.99. The van der Waals surface area contributed by atoms with Crippen LogP contribution in [0, 0.1) is 6.92 Å². The lowest BCUT2D eigenvalue weighted by Gasteiger charge is -2.04. The first-order valence-electron chi connectivity index (χ1n) is 5.80. The van der Waals surface area contributed by atoms with Crippen molar-refractivity contribution in [3.05, 3.63) is 39.7 Å². The zero-order valence-corrected chi connectivity index (χ0v) is 13.8. The lowest BCUT2D eigenvalue weighted by molar-refractivity contribution is 0.399. The predicted molar refractivity (Wildman–Crippen MR) is 83.1 cm³/mol. The van der Waals surface area contributed by atoms with Gasteiger partial charge in [0.2, 0.25) is 0 Å². The highest BCUT2D eigenvalue weighted by Gasteiger charge is 2.22. The van der Waals surface area contributed by atoms with Gasteiger partial charge in [-0.15, -0.1) is 0 Å². The molecular weight excluding hydrogens is 382 g/mol. The summed E-state index contributed by atoms with van der Waals surface area (Å²) in [5.74, 6) is 0.592. The quantitative estimate of drug-likeness (QED) is 0.714. The van der Waals surface area contributed by atoms with Crippen LogP contribution in [0.4, 0.5) is 5.82 Å². The molecular formula is C12H9BrClN3O3S. The van der Waals surface area contributed by atoms with E-state index in [1.165, 1.54) is 6.20 Å². The summed E-state index contributed by atoms with van der Waals surface area (Å²) in [5, 5.41) is 4.73. The summed E-state index contributed by atoms with van der Waals surface area (Å²) >= 11 is 9.10. The van der Waals surface area contributed by atoms with Crippen LogP contribution < -0.4 is 4.72 Å². The Labute approximate surface area is 133 Å². The van der Waals surface area contributed by atoms with Crippen LogP contribution in [0.2, 0.25) is 5.02 Å². The maximum atomic E-state index is 12.5. The average molecular weight is 391 g/mol. The fourth-order valence-electron chi connectivity index (χ4n) is 1.90. The first kappa shape index (κ1) is 14.4. The molecule has 2 N–H and O–H groups in total. The minimum atomic E-state index is -3.80. The molecule has 0 saturated carbocycles. The average Bonchev–Trinajstić information content (AvgIpc) is 2.97. The van der Waals surface area contributed by atoms with Gasteiger partial charge in [-0.2, -0.15) is 0 Å². The number of nitrogens with one attached hydrogen (secondary N) is 2. The van der Waals surface area contributed by atoms with Crippen molar-refractivity contribution in [2.45, 2.75) is 11.8 Å². The van der Waals surface area contributed by atoms with E-state index in [-0.39, 0.29) is 10.7 Å². The number of fused-ring (bicyclic) bond motifs is 1. The minimum absolute atomic E-state index is 0.107. The molecule has 0 radical (unpaired) electrons. The Morgan fingerprint density at radius 2 is 2.19 bits per heavy atom. The van der Waals surface area contributed by atoms with Crippen molar-refractivity contribution in [3.63, 3.8) is 0 Å². The van der Waals surface area contributed by atoms with Gasteiger partial charge in [0.25, 0.3) is 10.0 Å². The molecule has 3 aromatic rings. The molecule has 0 aliphatic heterocycles. The lowest BCUT2D eigenvalue weighted by Crippen LogP contribution is -2.13. The van der Waals surface area contributed by atoms with Crippen LogP contribution in [-0.2, 0) is 10.0 Å². The molecule has 0 spiro atoms. The van der Waals surface area contributed by atoms with Crippen molar-refractivity contribution in [1.82, 2.24) is 10.1 Å². The van der Waals surface area contributed by atoms with Gasteiger partial charge in [0.1, 0.15) is 15.1 Å². The molecule has 0 unspecified atom stereocenters. The van der Waals surface area contributed by atoms with E-state index in [0.29, 0.717) is 26.2 Å². The smallest absolute Gasteiger partial charge is 0.265 e. The second-order valence-electron chi connectivity index (χ2n) is 4.35. The molecule has 2 aromatic heterocycles. The molecule has 0 atom stereocenters. The van der Waals surface area contributed by atoms with Crippen LogP contribution in [0.25, 0.3) is 10.9 Å². The normalized spacial score (nSPS) is 12.0. The molecule has 0 fully saturated rings. The molecule has 0 saturated heterocycles. The first-order valence-corrected chi connectivity index (χ1v) is 8.45. The van der Waals surface area contributed by atoms with Gasteiger partial charge in [-0.05, 0) is 41.1 Å². The Morgan fingerprint density at radius 1 is 1.43 bits per heavy atom. The molecule has 9 heteroatoms. The second kappa shape index (κ2) is 5.04. The summed E-state index contributed by atoms with van der Waals surface area (Å²) < 4.78 is 32.7. The number of benzene rings is 1. The van der Waals surface area contributed by atoms with Crippen LogP contribution in [0.1, 0.15) is 5.76 Å². The van der Waals surface area contributed by atoms with Crippen molar-refractivity contribution >= 4 is 54.3 Å². The molecule has 2 heterocycles. The molecule has 6 nitrogen and oxygen atoms in total. The highest BCUT2D eigenvalue weighted by atomic mass is 79.9. The van der Waals surface area contributed by atoms with Gasteiger partial charge in [-0.25, -0.2) is 8.42 Å². The third kappa shape index (κ3) is 2.54. The Morgan fingerprint density at radius 3 is 2.86 bits per heavy atom. The van der Waals surface area contributed by atoms with Gasteiger partial charge >= 0.3 is 0 Å². The van der Waals surface area contributed by atoms with Crippen molar-refractivity contribution in [3.8, 4) is 0 Å². The number of hydrogen-bond acceptors (Lipinski definition) is 4. The van der Waals surface area contributed by atoms with Crippen LogP contribution >= 0.6 is 27.5 Å². The second-order valence-corrected chi connectivity index (χ2v) is 7.23. The summed E-state index contributed by atoms with van der Waals surface area (Å²) in [6.45, 7) is 1.67. The van der Waals surface area contributed by atoms with E-state index in [1.807, 2.05) is 0 Å². The number of aromatic amines is 1. The fourth-order valence-corrected chi connectivity index (χ4v) is 3.63. The third-order valence-electron chi connectivity index (χ3n) is 2.92. The Bertz CT molecular complexity index is 933. The van der Waals surface area contributed by atoms with Gasteiger partial charge in [-0.1, -0.05) is 16.8 Å². The molecule has 0 amide bonds. The van der Waals surface area contributed by atoms with Gasteiger partial charge in [0.05, 0.1) is 0 Å². The summed E-state index contributed by atoms with van der Waals surface area (Å²) in [5.41, 5.74) is 0.637. The van der Waals surface area contributed by atoms with Gasteiger partial charge < -0.3 is 9.51 Å². The number of halogens is 2. The highest BCUT2D eigenvalue weighted by molar-refractivity contribution is 9.10. The van der Waals surface area contributed by atoms with Crippen molar-refractivity contribution in [1.29, 1.82) is 0 Å². The number of hydrogen-bond donors (Lipinski definition) is 2. The molecule has 3 rings (SSSR count). The van der Waals surface area contributed by atoms with Crippen LogP contribution in [-0.4, -0.2) is 18.6 Å². The van der Waals surface area contributed by atoms with E-state index in [2.05, 4.69) is 30.8 Å². The predicted octanol–water partition coefficient (Wildman–Crippen LogP) is 3.68. The van der Waals surface area contributed by atoms with Gasteiger partial charge in [0.15, 0.2) is 5.82 Å². The standard InChI is InChI=1S/C12H9BrClN3O3S/c1-6-11(13)12(16-20-6)17-21(18,19)10-5-15-9-4-7(14)2-3-8(9)10/h2-5,15H,1H3,(H,16,17). The highest BCUT2D eigenvalue weighted by Crippen LogP contribution is 2.30. The number of sulfonamides is 1. The molecule has 0 bridgehead atoms. The maximum absolute atomic E-state index is 12.5. The number of rotatable bonds is 3. The fraction of sp³-hybridized carbons (Fsp3) is 0.0833. The molecule has 110 valence electrons. The number of nitrogens with zero attached hydrogens (tertiary/aromatic N) is 1. The molecule has 1 aromatic carbocycles. The third-order valence-corrected chi connectivity index (χ3v) is 5.47. The van der Waals surface area contributed by atoms with Crippen LogP contribution in [0.15, 0.2) is 38.3 Å². The lowest BCUT2D eigenvalue weighted by atomic mass is 10.2. The Balaban J connectivity index is 2.06. The number of aromatic nitrogens is 2. The van der Waals surface area contributed by atoms with Crippen molar-refractivity contribution in [2.75, 3.05) is 4.72 Å². The maximum Gasteiger partial charge on any atom is 0.265 e. The van der Waals surface area contributed by atoms with Gasteiger partial charge in [-0.3, -0.25) is 4.72 Å². The van der Waals surface area contributed by atoms with Crippen LogP contribution in [0.5, 0.6) is 0 Å². The zero-order valence-electron chi connectivity index (χ0n) is 10.6. The topological polar surface area (TPSA) is 88.0 Å². The summed E-state index contributed by atoms with van der Waals surface area (Å²) in [6, 6.07) is 4.94. The SMILES string of the molecule is Cc1onc(NS(=O)(=O)c2c[nH]c3cc(Cl)ccc23)c1Br. The monoisotopic (exact) mass is 389 g/mol.